The number of allylic oxidation sites excluding steroid dienone is 4. The van der Waals surface area contributed by atoms with E-state index in [9.17, 15) is 38.1 Å². The highest BCUT2D eigenvalue weighted by Gasteiger charge is 2.86. The van der Waals surface area contributed by atoms with Gasteiger partial charge in [0.25, 0.3) is 0 Å². The molecule has 8 rings (SSSR count). The number of carbonyl (C=O) groups is 3. The van der Waals surface area contributed by atoms with E-state index in [-0.39, 0.29) is 46.8 Å². The largest absolute Gasteiger partial charge is 0.536 e. The van der Waals surface area contributed by atoms with Gasteiger partial charge in [-0.25, -0.2) is 18.5 Å². The molecule has 9 atom stereocenters. The molecule has 1 aromatic carbocycles. The molecule has 3 aliphatic carbocycles. The number of nitrogens with zero attached hydrogens (tertiary/aromatic N) is 1. The van der Waals surface area contributed by atoms with Crippen LogP contribution in [0.4, 0.5) is 0 Å². The smallest absolute Gasteiger partial charge is 0.482 e. The highest BCUT2D eigenvalue weighted by atomic mass is 31.3. The zero-order valence-corrected chi connectivity index (χ0v) is 40.8. The summed E-state index contributed by atoms with van der Waals surface area (Å²) < 4.78 is 78.6. The van der Waals surface area contributed by atoms with Crippen molar-refractivity contribution in [1.82, 2.24) is 4.90 Å². The lowest BCUT2D eigenvalue weighted by atomic mass is 9.44. The number of likely N-dealkylation sites (tertiary alicyclic amines) is 1. The van der Waals surface area contributed by atoms with E-state index in [2.05, 4.69) is 13.5 Å². The number of methoxy groups -OCH3 is 1. The summed E-state index contributed by atoms with van der Waals surface area (Å²) in [6.07, 6.45) is 12.6. The molecular formula is C44H60NO17P3. The van der Waals surface area contributed by atoms with E-state index >= 15 is 9.59 Å². The zero-order chi connectivity index (χ0) is 47.9. The molecule has 0 radical (unpaired) electrons. The Hall–Kier alpha value is -3.24. The van der Waals surface area contributed by atoms with Gasteiger partial charge in [-0.3, -0.25) is 19.4 Å². The Morgan fingerprint density at radius 2 is 1.55 bits per heavy atom. The van der Waals surface area contributed by atoms with Crippen LogP contribution in [0.25, 0.3) is 6.08 Å². The molecule has 21 heteroatoms. The number of phosphoric acid groups is 3. The molecule has 4 N–H and O–H groups in total. The van der Waals surface area contributed by atoms with E-state index in [0.29, 0.717) is 37.9 Å². The summed E-state index contributed by atoms with van der Waals surface area (Å²) >= 11 is 0. The Labute approximate surface area is 378 Å². The quantitative estimate of drug-likeness (QED) is 0.0564. The lowest BCUT2D eigenvalue weighted by Crippen LogP contribution is -2.82. The maximum absolute atomic E-state index is 16.3. The first-order valence-corrected chi connectivity index (χ1v) is 26.3. The van der Waals surface area contributed by atoms with Crippen molar-refractivity contribution >= 4 is 47.1 Å². The fourth-order valence-corrected chi connectivity index (χ4v) is 14.2. The minimum Gasteiger partial charge on any atom is -0.482 e. The molecule has 7 aliphatic rings. The molecule has 4 bridgehead atoms. The average Bonchev–Trinajstić information content (AvgIpc) is 3.33. The van der Waals surface area contributed by atoms with Gasteiger partial charge in [0.05, 0.1) is 24.2 Å². The van der Waals surface area contributed by atoms with Crippen molar-refractivity contribution < 1.29 is 79.7 Å². The van der Waals surface area contributed by atoms with Crippen LogP contribution >= 0.6 is 23.5 Å². The number of fused-ring (bicyclic) bond motifs is 2. The molecule has 1 spiro atoms. The summed E-state index contributed by atoms with van der Waals surface area (Å²) in [6.45, 7) is 15.9. The second-order valence-electron chi connectivity index (χ2n) is 19.2. The Morgan fingerprint density at radius 1 is 0.892 bits per heavy atom. The van der Waals surface area contributed by atoms with Crippen LogP contribution in [0.2, 0.25) is 0 Å². The first-order chi connectivity index (χ1) is 30.1. The molecule has 3 saturated carbocycles. The van der Waals surface area contributed by atoms with Crippen molar-refractivity contribution in [2.75, 3.05) is 20.2 Å². The van der Waals surface area contributed by atoms with E-state index in [1.807, 2.05) is 60.6 Å². The number of benzene rings is 1. The molecule has 1 aromatic rings. The number of rotatable bonds is 15. The van der Waals surface area contributed by atoms with E-state index < -0.39 is 87.2 Å². The lowest BCUT2D eigenvalue weighted by molar-refractivity contribution is -0.214. The minimum absolute atomic E-state index is 0.0208. The molecule has 2 saturated heterocycles. The van der Waals surface area contributed by atoms with Gasteiger partial charge in [0.15, 0.2) is 28.5 Å². The standard InChI is InChI=1S/C44H60NO17P3/c1-25(2)14-13-19-42(8)20-18-29-36(57-42)28(16-15-26(3)4)37-32(38(29)59-64(52,53)62-65(54,55)61-63(49,50)51)35(46)33-34(45-22-11-10-12-23-45)30-24-31-41(6,7)60-43(39(30)47,44(31,33)58-37)21-17-27(5)40(48)56-9/h14-15,17-18,20,30-31,33-34H,10-13,16,19,21-24H2,1-9H3,(H,52,53)(H,54,55)(H2,49,50,51). The molecule has 0 aromatic heterocycles. The summed E-state index contributed by atoms with van der Waals surface area (Å²) in [5.74, 6) is -4.78. The first kappa shape index (κ1) is 49.7. The van der Waals surface area contributed by atoms with Gasteiger partial charge in [-0.15, -0.1) is 0 Å². The monoisotopic (exact) mass is 967 g/mol. The van der Waals surface area contributed by atoms with Gasteiger partial charge in [0, 0.05) is 35.4 Å². The van der Waals surface area contributed by atoms with Gasteiger partial charge >= 0.3 is 29.4 Å². The third kappa shape index (κ3) is 8.99. The highest BCUT2D eigenvalue weighted by molar-refractivity contribution is 7.66. The number of hydrogen-bond donors (Lipinski definition) is 4. The number of ether oxygens (including phenoxy) is 4. The topological polar surface area (TPSA) is 251 Å². The normalized spacial score (nSPS) is 31.9. The minimum atomic E-state index is -6.02. The summed E-state index contributed by atoms with van der Waals surface area (Å²) in [5, 5.41) is 0. The van der Waals surface area contributed by atoms with Crippen LogP contribution in [-0.4, -0.2) is 90.7 Å². The number of carbonyl (C=O) groups excluding carboxylic acids is 3. The predicted molar refractivity (Wildman–Crippen MR) is 236 cm³/mol. The van der Waals surface area contributed by atoms with Crippen LogP contribution in [0.3, 0.4) is 0 Å². The van der Waals surface area contributed by atoms with Crippen molar-refractivity contribution in [2.24, 2.45) is 17.8 Å². The second-order valence-corrected chi connectivity index (χ2v) is 23.5. The Balaban J connectivity index is 1.54. The Kier molecular flexibility index (Phi) is 13.3. The molecular weight excluding hydrogens is 907 g/mol. The van der Waals surface area contributed by atoms with E-state index in [0.717, 1.165) is 30.4 Å². The predicted octanol–water partition coefficient (Wildman–Crippen LogP) is 7.87. The molecule has 358 valence electrons. The lowest BCUT2D eigenvalue weighted by Gasteiger charge is -2.64. The van der Waals surface area contributed by atoms with Crippen LogP contribution in [0.1, 0.15) is 122 Å². The van der Waals surface area contributed by atoms with Gasteiger partial charge in [-0.2, -0.15) is 8.62 Å². The maximum Gasteiger partial charge on any atom is 0.536 e. The van der Waals surface area contributed by atoms with Crippen LogP contribution in [0.15, 0.2) is 41.0 Å². The number of esters is 1. The summed E-state index contributed by atoms with van der Waals surface area (Å²) in [5.41, 5.74) is -3.55. The number of phosphoric ester groups is 1. The van der Waals surface area contributed by atoms with Crippen LogP contribution in [0.5, 0.6) is 17.2 Å². The SMILES string of the molecule is COC(=O)C(C)=CCC12OC(C)(C)C3CC(C1=O)C(N1CCCCC1)C1C(=O)c4c(OP(=O)(O)OP(=O)(O)OP(=O)(O)O)c5c(c(CC=C(C)C)c4OC132)OC(C)(CCC=C(C)C)C=C5. The van der Waals surface area contributed by atoms with Gasteiger partial charge in [0.1, 0.15) is 22.7 Å². The second kappa shape index (κ2) is 17.4. The van der Waals surface area contributed by atoms with Crippen molar-refractivity contribution in [2.45, 2.75) is 135 Å². The fourth-order valence-electron chi connectivity index (χ4n) is 11.1. The number of piperidine rings is 1. The van der Waals surface area contributed by atoms with Crippen LogP contribution in [0, 0.1) is 17.8 Å². The highest BCUT2D eigenvalue weighted by Crippen LogP contribution is 2.72. The summed E-state index contributed by atoms with van der Waals surface area (Å²) in [4.78, 5) is 86.7. The van der Waals surface area contributed by atoms with Gasteiger partial charge in [-0.05, 0) is 119 Å². The third-order valence-corrected chi connectivity index (χ3v) is 17.4. The molecule has 9 unspecified atom stereocenters. The van der Waals surface area contributed by atoms with Gasteiger partial charge < -0.3 is 38.2 Å². The number of hydrogen-bond acceptors (Lipinski definition) is 14. The molecule has 18 nitrogen and oxygen atoms in total. The van der Waals surface area contributed by atoms with E-state index in [4.69, 9.17) is 23.5 Å². The summed E-state index contributed by atoms with van der Waals surface area (Å²) in [7, 11) is -16.5. The molecule has 5 fully saturated rings. The zero-order valence-electron chi connectivity index (χ0n) is 38.2. The third-order valence-electron chi connectivity index (χ3n) is 13.6. The van der Waals surface area contributed by atoms with Crippen molar-refractivity contribution in [3.8, 4) is 17.2 Å². The molecule has 0 amide bonds. The van der Waals surface area contributed by atoms with Crippen LogP contribution in [-0.2, 0) is 47.8 Å². The first-order valence-electron chi connectivity index (χ1n) is 21.8. The molecule has 4 aliphatic heterocycles. The average molecular weight is 968 g/mol. The van der Waals surface area contributed by atoms with Gasteiger partial charge in [-0.1, -0.05) is 35.8 Å². The van der Waals surface area contributed by atoms with E-state index in [1.165, 1.54) is 7.11 Å². The van der Waals surface area contributed by atoms with E-state index in [1.54, 1.807) is 25.2 Å². The van der Waals surface area contributed by atoms with Gasteiger partial charge in [0.2, 0.25) is 0 Å². The fraction of sp³-hybridized carbons (Fsp3) is 0.614. The van der Waals surface area contributed by atoms with Crippen LogP contribution < -0.4 is 14.0 Å². The maximum atomic E-state index is 16.3. The number of Topliss-reactive ketones (excluding diaryl/α,β-unsaturated/α-hetero) is 2. The van der Waals surface area contributed by atoms with Crippen molar-refractivity contribution in [3.05, 3.63) is 57.7 Å². The molecule has 65 heavy (non-hydrogen) atoms. The number of ketones is 2. The van der Waals surface area contributed by atoms with Crippen molar-refractivity contribution in [3.63, 3.8) is 0 Å². The Morgan fingerprint density at radius 3 is 2.17 bits per heavy atom. The summed E-state index contributed by atoms with van der Waals surface area (Å²) in [6, 6.07) is -0.738. The molecule has 4 heterocycles. The van der Waals surface area contributed by atoms with Crippen molar-refractivity contribution in [1.29, 1.82) is 0 Å². The Bertz CT molecular complexity index is 2440.